The summed E-state index contributed by atoms with van der Waals surface area (Å²) < 4.78 is 0. The van der Waals surface area contributed by atoms with Crippen molar-refractivity contribution < 1.29 is 0 Å². The van der Waals surface area contributed by atoms with E-state index in [1.165, 1.54) is 12.8 Å². The van der Waals surface area contributed by atoms with Crippen molar-refractivity contribution in [2.45, 2.75) is 44.3 Å². The molecule has 0 spiro atoms. The Morgan fingerprint density at radius 3 is 2.93 bits per heavy atom. The molecule has 15 heavy (non-hydrogen) atoms. The monoisotopic (exact) mass is 225 g/mol. The largest absolute Gasteiger partial charge is 0.328 e. The average molecular weight is 225 g/mol. The summed E-state index contributed by atoms with van der Waals surface area (Å²) in [6.07, 6.45) is 5.29. The highest BCUT2D eigenvalue weighted by Gasteiger charge is 1.98. The fraction of sp³-hybridized carbons (Fsp3) is 0.636. The van der Waals surface area contributed by atoms with Crippen LogP contribution in [0.4, 0.5) is 0 Å². The van der Waals surface area contributed by atoms with Crippen molar-refractivity contribution in [3.05, 3.63) is 18.0 Å². The van der Waals surface area contributed by atoms with Gasteiger partial charge < -0.3 is 5.73 Å². The molecule has 0 aliphatic carbocycles. The maximum absolute atomic E-state index is 5.67. The van der Waals surface area contributed by atoms with Crippen LogP contribution in [0.1, 0.15) is 31.9 Å². The van der Waals surface area contributed by atoms with E-state index in [9.17, 15) is 0 Å². The zero-order valence-electron chi connectivity index (χ0n) is 9.44. The van der Waals surface area contributed by atoms with Crippen molar-refractivity contribution >= 4 is 11.8 Å². The van der Waals surface area contributed by atoms with Gasteiger partial charge in [-0.05, 0) is 32.8 Å². The lowest BCUT2D eigenvalue weighted by Crippen LogP contribution is -2.14. The van der Waals surface area contributed by atoms with Gasteiger partial charge in [0.1, 0.15) is 0 Å². The lowest BCUT2D eigenvalue weighted by atomic mass is 10.2. The Morgan fingerprint density at radius 2 is 2.27 bits per heavy atom. The van der Waals surface area contributed by atoms with Crippen LogP contribution in [-0.2, 0) is 0 Å². The highest BCUT2D eigenvalue weighted by molar-refractivity contribution is 7.99. The van der Waals surface area contributed by atoms with E-state index in [-0.39, 0.29) is 0 Å². The maximum Gasteiger partial charge on any atom is 0.187 e. The zero-order valence-corrected chi connectivity index (χ0v) is 10.3. The molecule has 0 aliphatic heterocycles. The molecule has 0 aromatic carbocycles. The van der Waals surface area contributed by atoms with Gasteiger partial charge in [-0.25, -0.2) is 9.97 Å². The zero-order chi connectivity index (χ0) is 11.1. The van der Waals surface area contributed by atoms with Gasteiger partial charge >= 0.3 is 0 Å². The third-order valence-corrected chi connectivity index (χ3v) is 3.01. The molecule has 0 radical (unpaired) electrons. The van der Waals surface area contributed by atoms with Crippen molar-refractivity contribution in [2.24, 2.45) is 5.73 Å². The van der Waals surface area contributed by atoms with Gasteiger partial charge in [0.05, 0.1) is 0 Å². The number of nitrogens with two attached hydrogens (primary N) is 1. The Balaban J connectivity index is 2.15. The first-order valence-corrected chi connectivity index (χ1v) is 6.35. The first-order chi connectivity index (χ1) is 7.18. The number of hydrogen-bond acceptors (Lipinski definition) is 4. The third-order valence-electron chi connectivity index (χ3n) is 2.06. The molecule has 1 rings (SSSR count). The number of thioether (sulfide) groups is 1. The van der Waals surface area contributed by atoms with Crippen LogP contribution in [0, 0.1) is 6.92 Å². The van der Waals surface area contributed by atoms with E-state index in [1.54, 1.807) is 11.8 Å². The van der Waals surface area contributed by atoms with E-state index in [0.29, 0.717) is 6.04 Å². The van der Waals surface area contributed by atoms with Crippen LogP contribution in [-0.4, -0.2) is 21.8 Å². The van der Waals surface area contributed by atoms with Gasteiger partial charge in [0.15, 0.2) is 5.16 Å². The summed E-state index contributed by atoms with van der Waals surface area (Å²) in [5.41, 5.74) is 6.70. The van der Waals surface area contributed by atoms with Gasteiger partial charge in [0, 0.05) is 23.7 Å². The van der Waals surface area contributed by atoms with Gasteiger partial charge in [0.25, 0.3) is 0 Å². The summed E-state index contributed by atoms with van der Waals surface area (Å²) in [6.45, 7) is 4.04. The van der Waals surface area contributed by atoms with Crippen molar-refractivity contribution in [2.75, 3.05) is 5.75 Å². The number of unbranched alkanes of at least 4 members (excludes halogenated alkanes) is 1. The van der Waals surface area contributed by atoms with Crippen molar-refractivity contribution in [3.8, 4) is 0 Å². The van der Waals surface area contributed by atoms with Crippen LogP contribution >= 0.6 is 11.8 Å². The summed E-state index contributed by atoms with van der Waals surface area (Å²) in [5, 5.41) is 0.885. The van der Waals surface area contributed by atoms with E-state index in [2.05, 4.69) is 16.9 Å². The molecule has 0 bridgehead atoms. The van der Waals surface area contributed by atoms with Crippen LogP contribution in [0.3, 0.4) is 0 Å². The molecule has 0 aliphatic rings. The fourth-order valence-corrected chi connectivity index (χ4v) is 2.10. The van der Waals surface area contributed by atoms with E-state index < -0.39 is 0 Å². The highest BCUT2D eigenvalue weighted by atomic mass is 32.2. The Kier molecular flexibility index (Phi) is 5.65. The Labute approximate surface area is 95.9 Å². The predicted octanol–water partition coefficient (Wildman–Crippen LogP) is 2.39. The van der Waals surface area contributed by atoms with Crippen molar-refractivity contribution in [1.29, 1.82) is 0 Å². The Hall–Kier alpha value is -0.610. The molecule has 84 valence electrons. The summed E-state index contributed by atoms with van der Waals surface area (Å²) in [4.78, 5) is 8.53. The van der Waals surface area contributed by atoms with E-state index >= 15 is 0 Å². The molecule has 1 unspecified atom stereocenters. The molecule has 0 amide bonds. The van der Waals surface area contributed by atoms with Crippen molar-refractivity contribution in [3.63, 3.8) is 0 Å². The quantitative estimate of drug-likeness (QED) is 0.459. The topological polar surface area (TPSA) is 51.8 Å². The first-order valence-electron chi connectivity index (χ1n) is 5.36. The summed E-state index contributed by atoms with van der Waals surface area (Å²) in [6, 6.07) is 2.24. The lowest BCUT2D eigenvalue weighted by Gasteiger charge is -2.04. The van der Waals surface area contributed by atoms with E-state index in [1.807, 2.05) is 19.2 Å². The van der Waals surface area contributed by atoms with Crippen LogP contribution in [0.25, 0.3) is 0 Å². The second-order valence-electron chi connectivity index (χ2n) is 3.80. The molecular formula is C11H19N3S. The molecule has 1 aromatic heterocycles. The molecule has 4 heteroatoms. The summed E-state index contributed by atoms with van der Waals surface area (Å²) >= 11 is 1.72. The van der Waals surface area contributed by atoms with Crippen LogP contribution in [0.15, 0.2) is 17.4 Å². The fourth-order valence-electron chi connectivity index (χ4n) is 1.23. The minimum atomic E-state index is 0.324. The van der Waals surface area contributed by atoms with Gasteiger partial charge in [-0.15, -0.1) is 0 Å². The van der Waals surface area contributed by atoms with E-state index in [4.69, 9.17) is 5.73 Å². The van der Waals surface area contributed by atoms with Gasteiger partial charge in [0.2, 0.25) is 0 Å². The second-order valence-corrected chi connectivity index (χ2v) is 4.86. The molecule has 0 fully saturated rings. The summed E-state index contributed by atoms with van der Waals surface area (Å²) in [7, 11) is 0. The molecule has 2 N–H and O–H groups in total. The van der Waals surface area contributed by atoms with Crippen LogP contribution in [0.2, 0.25) is 0 Å². The van der Waals surface area contributed by atoms with Gasteiger partial charge in [-0.3, -0.25) is 0 Å². The third kappa shape index (κ3) is 5.74. The SMILES string of the molecule is Cc1ccnc(SCCCCC(C)N)n1. The van der Waals surface area contributed by atoms with Crippen LogP contribution < -0.4 is 5.73 Å². The molecule has 1 atom stereocenters. The minimum absolute atomic E-state index is 0.324. The van der Waals surface area contributed by atoms with Gasteiger partial charge in [-0.2, -0.15) is 0 Å². The molecule has 1 heterocycles. The maximum atomic E-state index is 5.67. The summed E-state index contributed by atoms with van der Waals surface area (Å²) in [5.74, 6) is 1.08. The lowest BCUT2D eigenvalue weighted by molar-refractivity contribution is 0.618. The molecule has 0 saturated heterocycles. The molecule has 3 nitrogen and oxygen atoms in total. The first kappa shape index (κ1) is 12.5. The predicted molar refractivity (Wildman–Crippen MR) is 65.0 cm³/mol. The van der Waals surface area contributed by atoms with Crippen LogP contribution in [0.5, 0.6) is 0 Å². The Morgan fingerprint density at radius 1 is 1.47 bits per heavy atom. The molecule has 1 aromatic rings. The normalized spacial score (nSPS) is 12.7. The number of hydrogen-bond donors (Lipinski definition) is 1. The van der Waals surface area contributed by atoms with E-state index in [0.717, 1.165) is 23.0 Å². The highest BCUT2D eigenvalue weighted by Crippen LogP contribution is 2.15. The average Bonchev–Trinajstić information content (AvgIpc) is 2.17. The standard InChI is InChI=1S/C11H19N3S/c1-9(12)5-3-4-8-15-11-13-7-6-10(2)14-11/h6-7,9H,3-5,8,12H2,1-2H3. The number of nitrogens with zero attached hydrogens (tertiary/aromatic N) is 2. The molecule has 0 saturated carbocycles. The minimum Gasteiger partial charge on any atom is -0.328 e. The second kappa shape index (κ2) is 6.80. The number of aromatic nitrogens is 2. The number of rotatable bonds is 6. The number of aryl methyl sites for hydroxylation is 1. The van der Waals surface area contributed by atoms with Crippen molar-refractivity contribution in [1.82, 2.24) is 9.97 Å². The smallest absolute Gasteiger partial charge is 0.187 e. The Bertz CT molecular complexity index is 289. The molecular weight excluding hydrogens is 206 g/mol. The van der Waals surface area contributed by atoms with Gasteiger partial charge in [-0.1, -0.05) is 18.2 Å².